The fourth-order valence-corrected chi connectivity index (χ4v) is 3.09. The minimum absolute atomic E-state index is 0. The summed E-state index contributed by atoms with van der Waals surface area (Å²) in [7, 11) is 5.66. The van der Waals surface area contributed by atoms with Crippen molar-refractivity contribution in [3.8, 4) is 5.75 Å². The van der Waals surface area contributed by atoms with Gasteiger partial charge in [0.05, 0.1) is 7.11 Å². The van der Waals surface area contributed by atoms with Crippen LogP contribution in [0.3, 0.4) is 0 Å². The maximum Gasteiger partial charge on any atom is 0.191 e. The summed E-state index contributed by atoms with van der Waals surface area (Å²) < 4.78 is 5.46. The Morgan fingerprint density at radius 1 is 1.10 bits per heavy atom. The summed E-state index contributed by atoms with van der Waals surface area (Å²) in [6.45, 7) is 7.83. The van der Waals surface area contributed by atoms with E-state index < -0.39 is 0 Å². The van der Waals surface area contributed by atoms with Crippen molar-refractivity contribution in [2.24, 2.45) is 4.99 Å². The molecule has 0 radical (unpaired) electrons. The van der Waals surface area contributed by atoms with Gasteiger partial charge in [-0.1, -0.05) is 48.9 Å². The van der Waals surface area contributed by atoms with E-state index in [-0.39, 0.29) is 24.0 Å². The number of halogens is 1. The normalized spacial score (nSPS) is 11.2. The summed E-state index contributed by atoms with van der Waals surface area (Å²) in [5.74, 6) is 1.74. The molecule has 0 amide bonds. The van der Waals surface area contributed by atoms with Gasteiger partial charge in [-0.15, -0.1) is 24.0 Å². The number of aliphatic imine (C=N–C) groups is 1. The van der Waals surface area contributed by atoms with Crippen LogP contribution >= 0.6 is 24.0 Å². The van der Waals surface area contributed by atoms with Gasteiger partial charge in [0.2, 0.25) is 0 Å². The lowest BCUT2D eigenvalue weighted by Gasteiger charge is -2.16. The molecular weight excluding hydrogens is 475 g/mol. The van der Waals surface area contributed by atoms with Crippen LogP contribution in [0.1, 0.15) is 29.2 Å². The third kappa shape index (κ3) is 8.62. The second-order valence-electron chi connectivity index (χ2n) is 7.07. The van der Waals surface area contributed by atoms with Crippen molar-refractivity contribution in [2.45, 2.75) is 33.4 Å². The van der Waals surface area contributed by atoms with E-state index in [2.05, 4.69) is 77.8 Å². The second-order valence-corrected chi connectivity index (χ2v) is 7.07. The number of hydrogen-bond donors (Lipinski definition) is 2. The predicted octanol–water partition coefficient (Wildman–Crippen LogP) is 3.98. The molecule has 0 saturated carbocycles. The first-order valence-electron chi connectivity index (χ1n) is 9.90. The van der Waals surface area contributed by atoms with Crippen molar-refractivity contribution in [2.75, 3.05) is 34.3 Å². The average molecular weight is 510 g/mol. The number of rotatable bonds is 9. The van der Waals surface area contributed by atoms with Gasteiger partial charge < -0.3 is 20.3 Å². The lowest BCUT2D eigenvalue weighted by atomic mass is 10.1. The predicted molar refractivity (Wildman–Crippen MR) is 134 cm³/mol. The number of hydrogen-bond acceptors (Lipinski definition) is 3. The molecular formula is C23H35IN4O. The summed E-state index contributed by atoms with van der Waals surface area (Å²) in [5.41, 5.74) is 5.04. The molecule has 29 heavy (non-hydrogen) atoms. The lowest BCUT2D eigenvalue weighted by molar-refractivity contribution is 0.345. The molecule has 0 aliphatic heterocycles. The Balaban J connectivity index is 0.00000420. The lowest BCUT2D eigenvalue weighted by Crippen LogP contribution is -2.37. The zero-order chi connectivity index (χ0) is 20.4. The van der Waals surface area contributed by atoms with Gasteiger partial charge >= 0.3 is 0 Å². The Kier molecular flexibility index (Phi) is 11.7. The summed E-state index contributed by atoms with van der Waals surface area (Å²) >= 11 is 0. The highest BCUT2D eigenvalue weighted by molar-refractivity contribution is 14.0. The largest absolute Gasteiger partial charge is 0.496 e. The molecule has 6 heteroatoms. The highest BCUT2D eigenvalue weighted by Gasteiger charge is 2.05. The number of ether oxygens (including phenoxy) is 1. The standard InChI is InChI=1S/C23H34N4O.HI/c1-6-27(4)17-20-9-7-8-19(15-20)16-26-23(24-3)25-13-12-21-14-18(2)10-11-22(21)28-5;/h7-11,14-15H,6,12-13,16-17H2,1-5H3,(H2,24,25,26);1H. The third-order valence-corrected chi connectivity index (χ3v) is 4.79. The zero-order valence-electron chi connectivity index (χ0n) is 18.3. The Morgan fingerprint density at radius 3 is 2.55 bits per heavy atom. The van der Waals surface area contributed by atoms with E-state index in [1.165, 1.54) is 22.3 Å². The SMILES string of the molecule is CCN(C)Cc1cccc(CNC(=NC)NCCc2cc(C)ccc2OC)c1.I. The number of benzene rings is 2. The van der Waals surface area contributed by atoms with Gasteiger partial charge in [0.25, 0.3) is 0 Å². The van der Waals surface area contributed by atoms with E-state index in [1.807, 2.05) is 6.07 Å². The van der Waals surface area contributed by atoms with Crippen LogP contribution in [0.15, 0.2) is 47.5 Å². The van der Waals surface area contributed by atoms with Gasteiger partial charge in [-0.25, -0.2) is 0 Å². The molecule has 0 bridgehead atoms. The molecule has 0 heterocycles. The van der Waals surface area contributed by atoms with E-state index in [9.17, 15) is 0 Å². The van der Waals surface area contributed by atoms with Crippen LogP contribution in [0.25, 0.3) is 0 Å². The number of methoxy groups -OCH3 is 1. The molecule has 0 aliphatic carbocycles. The molecule has 2 rings (SSSR count). The first-order valence-corrected chi connectivity index (χ1v) is 9.90. The van der Waals surface area contributed by atoms with Gasteiger partial charge in [0.15, 0.2) is 5.96 Å². The smallest absolute Gasteiger partial charge is 0.191 e. The topological polar surface area (TPSA) is 48.9 Å². The highest BCUT2D eigenvalue weighted by Crippen LogP contribution is 2.19. The molecule has 5 nitrogen and oxygen atoms in total. The Morgan fingerprint density at radius 2 is 1.86 bits per heavy atom. The third-order valence-electron chi connectivity index (χ3n) is 4.79. The van der Waals surface area contributed by atoms with Crippen molar-refractivity contribution >= 4 is 29.9 Å². The molecule has 2 aromatic carbocycles. The van der Waals surface area contributed by atoms with Gasteiger partial charge in [0, 0.05) is 26.7 Å². The van der Waals surface area contributed by atoms with Crippen molar-refractivity contribution in [3.05, 3.63) is 64.7 Å². The molecule has 2 aromatic rings. The van der Waals surface area contributed by atoms with Crippen LogP contribution in [-0.2, 0) is 19.5 Å². The van der Waals surface area contributed by atoms with Crippen LogP contribution in [-0.4, -0.2) is 45.2 Å². The van der Waals surface area contributed by atoms with E-state index in [4.69, 9.17) is 4.74 Å². The summed E-state index contributed by atoms with van der Waals surface area (Å²) in [4.78, 5) is 6.63. The maximum absolute atomic E-state index is 5.46. The first kappa shape index (κ1) is 25.2. The fraction of sp³-hybridized carbons (Fsp3) is 0.435. The molecule has 0 unspecified atom stereocenters. The van der Waals surface area contributed by atoms with E-state index in [0.29, 0.717) is 0 Å². The summed E-state index contributed by atoms with van der Waals surface area (Å²) in [5, 5.41) is 6.79. The molecule has 0 spiro atoms. The molecule has 0 aliphatic rings. The Bertz CT molecular complexity index is 779. The zero-order valence-corrected chi connectivity index (χ0v) is 20.6. The van der Waals surface area contributed by atoms with Crippen molar-refractivity contribution in [1.82, 2.24) is 15.5 Å². The quantitative estimate of drug-likeness (QED) is 0.305. The van der Waals surface area contributed by atoms with Gasteiger partial charge in [-0.05, 0) is 49.7 Å². The van der Waals surface area contributed by atoms with Crippen LogP contribution < -0.4 is 15.4 Å². The molecule has 0 atom stereocenters. The molecule has 160 valence electrons. The number of aryl methyl sites for hydroxylation is 1. The van der Waals surface area contributed by atoms with Crippen LogP contribution in [0.4, 0.5) is 0 Å². The number of nitrogens with zero attached hydrogens (tertiary/aromatic N) is 2. The van der Waals surface area contributed by atoms with E-state index in [0.717, 1.165) is 44.3 Å². The van der Waals surface area contributed by atoms with Crippen molar-refractivity contribution in [3.63, 3.8) is 0 Å². The summed E-state index contributed by atoms with van der Waals surface area (Å²) in [6, 6.07) is 15.0. The number of nitrogens with one attached hydrogen (secondary N) is 2. The van der Waals surface area contributed by atoms with Gasteiger partial charge in [-0.2, -0.15) is 0 Å². The summed E-state index contributed by atoms with van der Waals surface area (Å²) in [6.07, 6.45) is 0.879. The van der Waals surface area contributed by atoms with Crippen molar-refractivity contribution in [1.29, 1.82) is 0 Å². The number of guanidine groups is 1. The van der Waals surface area contributed by atoms with Gasteiger partial charge in [-0.3, -0.25) is 4.99 Å². The molecule has 0 saturated heterocycles. The van der Waals surface area contributed by atoms with Crippen LogP contribution in [0, 0.1) is 6.92 Å². The molecule has 2 N–H and O–H groups in total. The fourth-order valence-electron chi connectivity index (χ4n) is 3.09. The highest BCUT2D eigenvalue weighted by atomic mass is 127. The first-order chi connectivity index (χ1) is 13.5. The minimum atomic E-state index is 0. The minimum Gasteiger partial charge on any atom is -0.496 e. The van der Waals surface area contributed by atoms with E-state index in [1.54, 1.807) is 14.2 Å². The molecule has 0 fully saturated rings. The Labute approximate surface area is 193 Å². The maximum atomic E-state index is 5.46. The van der Waals surface area contributed by atoms with Crippen LogP contribution in [0.5, 0.6) is 5.75 Å². The monoisotopic (exact) mass is 510 g/mol. The molecule has 0 aromatic heterocycles. The van der Waals surface area contributed by atoms with Crippen LogP contribution in [0.2, 0.25) is 0 Å². The van der Waals surface area contributed by atoms with Crippen molar-refractivity contribution < 1.29 is 4.74 Å². The Hall–Kier alpha value is -1.80. The second kappa shape index (κ2) is 13.4. The average Bonchev–Trinajstić information content (AvgIpc) is 2.70. The van der Waals surface area contributed by atoms with E-state index >= 15 is 0 Å². The van der Waals surface area contributed by atoms with Gasteiger partial charge in [0.1, 0.15) is 5.75 Å².